The van der Waals surface area contributed by atoms with Crippen molar-refractivity contribution in [3.8, 4) is 0 Å². The number of hydrogen-bond acceptors (Lipinski definition) is 7. The predicted octanol–water partition coefficient (Wildman–Crippen LogP) is -2.79. The monoisotopic (exact) mass is 258 g/mol. The van der Waals surface area contributed by atoms with E-state index < -0.39 is 37.6 Å². The van der Waals surface area contributed by atoms with Crippen LogP contribution in [-0.2, 0) is 12.3 Å². The van der Waals surface area contributed by atoms with Crippen LogP contribution in [0, 0.1) is 0 Å². The molecule has 0 aliphatic heterocycles. The lowest BCUT2D eigenvalue weighted by molar-refractivity contribution is 0.207. The Balaban J connectivity index is 3.58. The minimum Gasteiger partial charge on any atom is -0.410 e. The standard InChI is InChI=1S/C2H10O7Si4/c1-10(3)7-12(5)9-13(6)8-11(2)4/h3-6H,1-2H3. The van der Waals surface area contributed by atoms with E-state index in [4.69, 9.17) is 19.2 Å². The van der Waals surface area contributed by atoms with Crippen LogP contribution in [0.5, 0.6) is 0 Å². The zero-order valence-electron chi connectivity index (χ0n) is 7.01. The van der Waals surface area contributed by atoms with Crippen LogP contribution in [0.2, 0.25) is 13.1 Å². The van der Waals surface area contributed by atoms with Gasteiger partial charge >= 0.3 is 37.6 Å². The van der Waals surface area contributed by atoms with E-state index in [2.05, 4.69) is 12.3 Å². The molecule has 0 rings (SSSR count). The average molecular weight is 258 g/mol. The fourth-order valence-electron chi connectivity index (χ4n) is 0.369. The van der Waals surface area contributed by atoms with Crippen molar-refractivity contribution in [2.45, 2.75) is 13.1 Å². The summed E-state index contributed by atoms with van der Waals surface area (Å²) >= 11 is 0. The molecule has 0 amide bonds. The summed E-state index contributed by atoms with van der Waals surface area (Å²) in [5.74, 6) is 0. The maximum Gasteiger partial charge on any atom is 0.557 e. The van der Waals surface area contributed by atoms with Crippen molar-refractivity contribution in [1.29, 1.82) is 0 Å². The van der Waals surface area contributed by atoms with Gasteiger partial charge in [-0.2, -0.15) is 0 Å². The first-order chi connectivity index (χ1) is 5.91. The van der Waals surface area contributed by atoms with E-state index in [0.29, 0.717) is 0 Å². The highest BCUT2D eigenvalue weighted by atomic mass is 28.5. The van der Waals surface area contributed by atoms with E-state index in [1.54, 1.807) is 0 Å². The fraction of sp³-hybridized carbons (Fsp3) is 1.00. The Bertz CT molecular complexity index is 118. The van der Waals surface area contributed by atoms with E-state index >= 15 is 0 Å². The Hall–Kier alpha value is 0.588. The largest absolute Gasteiger partial charge is 0.557 e. The lowest BCUT2D eigenvalue weighted by Crippen LogP contribution is -2.40. The minimum atomic E-state index is -2.66. The van der Waals surface area contributed by atoms with Crippen LogP contribution in [0.15, 0.2) is 0 Å². The van der Waals surface area contributed by atoms with Crippen LogP contribution < -0.4 is 0 Å². The van der Waals surface area contributed by atoms with Gasteiger partial charge in [0.1, 0.15) is 0 Å². The Morgan fingerprint density at radius 1 is 0.692 bits per heavy atom. The predicted molar refractivity (Wildman–Crippen MR) is 46.9 cm³/mol. The topological polar surface area (TPSA) is 109 Å². The van der Waals surface area contributed by atoms with Gasteiger partial charge in [-0.25, -0.2) is 0 Å². The average Bonchev–Trinajstić information content (AvgIpc) is 1.80. The lowest BCUT2D eigenvalue weighted by atomic mass is 11.9. The molecular weight excluding hydrogens is 248 g/mol. The highest BCUT2D eigenvalue weighted by Gasteiger charge is 2.27. The van der Waals surface area contributed by atoms with Crippen LogP contribution in [0.3, 0.4) is 0 Å². The Morgan fingerprint density at radius 3 is 1.23 bits per heavy atom. The van der Waals surface area contributed by atoms with Gasteiger partial charge in [-0.1, -0.05) is 0 Å². The van der Waals surface area contributed by atoms with E-state index in [1.807, 2.05) is 0 Å². The van der Waals surface area contributed by atoms with Gasteiger partial charge in [0.05, 0.1) is 0 Å². The normalized spacial score (nSPS) is 12.5. The molecule has 0 aromatic rings. The first kappa shape index (κ1) is 13.6. The first-order valence-electron chi connectivity index (χ1n) is 3.12. The van der Waals surface area contributed by atoms with Crippen molar-refractivity contribution in [3.63, 3.8) is 0 Å². The molecule has 0 spiro atoms. The molecule has 0 atom stereocenters. The third kappa shape index (κ3) is 8.91. The van der Waals surface area contributed by atoms with Gasteiger partial charge in [0.25, 0.3) is 0 Å². The molecule has 11 heteroatoms. The number of rotatable bonds is 6. The van der Waals surface area contributed by atoms with Crippen LogP contribution >= 0.6 is 0 Å². The molecule has 0 aromatic carbocycles. The zero-order chi connectivity index (χ0) is 10.4. The maximum atomic E-state index is 8.94. The second kappa shape index (κ2) is 6.96. The minimum absolute atomic E-state index is 1.39. The quantitative estimate of drug-likeness (QED) is 0.381. The molecule has 0 aliphatic rings. The molecule has 7 nitrogen and oxygen atoms in total. The summed E-state index contributed by atoms with van der Waals surface area (Å²) in [6.07, 6.45) is 0. The van der Waals surface area contributed by atoms with Gasteiger partial charge < -0.3 is 31.5 Å². The Morgan fingerprint density at radius 2 is 1.00 bits per heavy atom. The van der Waals surface area contributed by atoms with Crippen LogP contribution in [-0.4, -0.2) is 56.8 Å². The smallest absolute Gasteiger partial charge is 0.410 e. The van der Waals surface area contributed by atoms with E-state index in [-0.39, 0.29) is 0 Å². The molecule has 4 radical (unpaired) electrons. The lowest BCUT2D eigenvalue weighted by Gasteiger charge is -2.12. The molecule has 0 unspecified atom stereocenters. The summed E-state index contributed by atoms with van der Waals surface area (Å²) in [6, 6.07) is 0. The van der Waals surface area contributed by atoms with E-state index in [0.717, 1.165) is 0 Å². The second-order valence-electron chi connectivity index (χ2n) is 1.88. The fourth-order valence-corrected chi connectivity index (χ4v) is 4.07. The third-order valence-corrected chi connectivity index (χ3v) is 5.80. The first-order valence-corrected chi connectivity index (χ1v) is 9.36. The maximum absolute atomic E-state index is 8.94. The summed E-state index contributed by atoms with van der Waals surface area (Å²) in [6.45, 7) is 2.78. The second-order valence-corrected chi connectivity index (χ2v) is 7.47. The molecule has 0 fully saturated rings. The summed E-state index contributed by atoms with van der Waals surface area (Å²) in [5, 5.41) is 0. The van der Waals surface area contributed by atoms with Crippen LogP contribution in [0.4, 0.5) is 0 Å². The van der Waals surface area contributed by atoms with Crippen molar-refractivity contribution in [1.82, 2.24) is 0 Å². The van der Waals surface area contributed by atoms with Gasteiger partial charge in [-0.3, -0.25) is 0 Å². The molecular formula is C2H10O7Si4. The summed E-state index contributed by atoms with van der Waals surface area (Å²) in [5.41, 5.74) is 0. The van der Waals surface area contributed by atoms with Crippen molar-refractivity contribution in [3.05, 3.63) is 0 Å². The van der Waals surface area contributed by atoms with Gasteiger partial charge in [0.15, 0.2) is 0 Å². The van der Waals surface area contributed by atoms with Crippen LogP contribution in [0.25, 0.3) is 0 Å². The summed E-state index contributed by atoms with van der Waals surface area (Å²) in [7, 11) is -9.41. The summed E-state index contributed by atoms with van der Waals surface area (Å²) in [4.78, 5) is 35.3. The summed E-state index contributed by atoms with van der Waals surface area (Å²) < 4.78 is 13.5. The van der Waals surface area contributed by atoms with Gasteiger partial charge in [-0.15, -0.1) is 0 Å². The highest BCUT2D eigenvalue weighted by molar-refractivity contribution is 6.61. The molecule has 0 saturated carbocycles. The molecule has 0 aromatic heterocycles. The molecule has 0 bridgehead atoms. The highest BCUT2D eigenvalue weighted by Crippen LogP contribution is 1.93. The molecule has 0 aliphatic carbocycles. The van der Waals surface area contributed by atoms with E-state index in [9.17, 15) is 0 Å². The molecule has 0 saturated heterocycles. The zero-order valence-corrected chi connectivity index (χ0v) is 11.0. The third-order valence-electron chi connectivity index (χ3n) is 0.645. The molecule has 0 heterocycles. The SMILES string of the molecule is C[Si](O)O[Si](O)O[Si](O)O[Si](C)O. The van der Waals surface area contributed by atoms with Gasteiger partial charge in [0, 0.05) is 0 Å². The molecule has 76 valence electrons. The van der Waals surface area contributed by atoms with E-state index in [1.165, 1.54) is 13.1 Å². The van der Waals surface area contributed by atoms with Crippen molar-refractivity contribution in [2.24, 2.45) is 0 Å². The number of hydrogen-bond donors (Lipinski definition) is 4. The van der Waals surface area contributed by atoms with Crippen molar-refractivity contribution >= 4 is 37.6 Å². The van der Waals surface area contributed by atoms with Gasteiger partial charge in [-0.05, 0) is 13.1 Å². The van der Waals surface area contributed by atoms with Gasteiger partial charge in [0.2, 0.25) is 0 Å². The Kier molecular flexibility index (Phi) is 7.27. The molecule has 4 N–H and O–H groups in total. The molecule has 13 heavy (non-hydrogen) atoms. The van der Waals surface area contributed by atoms with Crippen molar-refractivity contribution in [2.75, 3.05) is 0 Å². The Labute approximate surface area is 82.8 Å². The van der Waals surface area contributed by atoms with Crippen LogP contribution in [0.1, 0.15) is 0 Å². The van der Waals surface area contributed by atoms with Crippen molar-refractivity contribution < 1.29 is 31.5 Å².